The first kappa shape index (κ1) is 51.6. The van der Waals surface area contributed by atoms with Crippen LogP contribution in [0.2, 0.25) is 0 Å². The molecule has 76 heavy (non-hydrogen) atoms. The van der Waals surface area contributed by atoms with Crippen LogP contribution in [-0.2, 0) is 25.8 Å². The summed E-state index contributed by atoms with van der Waals surface area (Å²) in [6.45, 7) is 2.29. The zero-order valence-corrected chi connectivity index (χ0v) is 40.6. The Bertz CT molecular complexity index is 3230. The van der Waals surface area contributed by atoms with E-state index in [2.05, 4.69) is 29.9 Å². The van der Waals surface area contributed by atoms with Gasteiger partial charge in [0.1, 0.15) is 35.5 Å². The third kappa shape index (κ3) is 9.69. The summed E-state index contributed by atoms with van der Waals surface area (Å²) in [4.78, 5) is 110. The van der Waals surface area contributed by atoms with Crippen molar-refractivity contribution in [3.63, 3.8) is 0 Å². The second-order valence-corrected chi connectivity index (χ2v) is 19.5. The Labute approximate surface area is 427 Å². The van der Waals surface area contributed by atoms with Crippen molar-refractivity contribution in [1.82, 2.24) is 44.2 Å². The maximum absolute atomic E-state index is 16.4. The van der Waals surface area contributed by atoms with E-state index in [1.807, 2.05) is 0 Å². The zero-order valence-electron chi connectivity index (χ0n) is 40.6. The molecule has 1 unspecified atom stereocenters. The molecule has 7 heterocycles. The highest BCUT2D eigenvalue weighted by Gasteiger charge is 2.49. The second-order valence-electron chi connectivity index (χ2n) is 19.5. The number of rotatable bonds is 12. The largest absolute Gasteiger partial charge is 0.496 e. The molecular formula is C50H49F6N11O9. The van der Waals surface area contributed by atoms with Gasteiger partial charge in [0.15, 0.2) is 11.5 Å². The molecule has 20 nitrogen and oxygen atoms in total. The van der Waals surface area contributed by atoms with E-state index in [9.17, 15) is 51.1 Å². The van der Waals surface area contributed by atoms with Crippen LogP contribution in [0.3, 0.4) is 0 Å². The lowest BCUT2D eigenvalue weighted by molar-refractivity contribution is -0.230. The Kier molecular flexibility index (Phi) is 13.6. The van der Waals surface area contributed by atoms with Crippen molar-refractivity contribution in [3.05, 3.63) is 106 Å². The lowest BCUT2D eigenvalue weighted by Crippen LogP contribution is -2.61. The first-order valence-electron chi connectivity index (χ1n) is 24.4. The average molecular weight is 1060 g/mol. The van der Waals surface area contributed by atoms with Crippen LogP contribution in [0.25, 0.3) is 16.9 Å². The van der Waals surface area contributed by atoms with Crippen molar-refractivity contribution in [3.8, 4) is 11.4 Å². The molecule has 5 amide bonds. The number of nitrogens with zero attached hydrogens (tertiary/aromatic N) is 9. The molecule has 26 heteroatoms. The van der Waals surface area contributed by atoms with Crippen LogP contribution in [0, 0.1) is 11.7 Å². The zero-order chi connectivity index (χ0) is 54.0. The SMILES string of the molecule is COc1ccc(F)cc1C(=O)N(Cc1ccc(-n2c(=O)n([C@@H]3CCN(CCC4CCN(C5CN(c6ccc7c(c6)C(=O)N(C6CCC(=O)NC6=O)C7=O)C5)CC4)CC3(F)F)c3ncnc(N)c32)cc1)OC(=O)C(F)(F)F. The number of fused-ring (bicyclic) bond motifs is 2. The smallest absolute Gasteiger partial charge is 0.493 e. The Morgan fingerprint density at radius 2 is 1.59 bits per heavy atom. The molecule has 4 saturated heterocycles. The first-order chi connectivity index (χ1) is 36.2. The average Bonchev–Trinajstić information content (AvgIpc) is 3.98. The fourth-order valence-electron chi connectivity index (χ4n) is 10.8. The number of methoxy groups -OCH3 is 1. The molecule has 400 valence electrons. The molecule has 2 aromatic heterocycles. The predicted molar refractivity (Wildman–Crippen MR) is 256 cm³/mol. The Morgan fingerprint density at radius 1 is 0.882 bits per heavy atom. The Hall–Kier alpha value is -7.87. The van der Waals surface area contributed by atoms with Gasteiger partial charge in [-0.05, 0) is 112 Å². The molecule has 0 saturated carbocycles. The van der Waals surface area contributed by atoms with E-state index < -0.39 is 89.8 Å². The van der Waals surface area contributed by atoms with Crippen LogP contribution in [0.4, 0.5) is 37.8 Å². The van der Waals surface area contributed by atoms with Crippen LogP contribution in [0.5, 0.6) is 5.75 Å². The summed E-state index contributed by atoms with van der Waals surface area (Å²) >= 11 is 0. The van der Waals surface area contributed by atoms with E-state index >= 15 is 8.78 Å². The summed E-state index contributed by atoms with van der Waals surface area (Å²) in [5, 5.41) is 2.28. The monoisotopic (exact) mass is 1060 g/mol. The summed E-state index contributed by atoms with van der Waals surface area (Å²) in [5.74, 6) is -10.8. The van der Waals surface area contributed by atoms with Crippen LogP contribution < -0.4 is 26.4 Å². The number of nitrogen functional groups attached to an aromatic ring is 1. The first-order valence-corrected chi connectivity index (χ1v) is 24.4. The number of hydroxylamine groups is 2. The fraction of sp³-hybridized carbons (Fsp3) is 0.420. The van der Waals surface area contributed by atoms with Crippen LogP contribution in [-0.4, -0.2) is 151 Å². The number of hydrogen-bond donors (Lipinski definition) is 2. The van der Waals surface area contributed by atoms with Crippen LogP contribution >= 0.6 is 0 Å². The number of nitrogens with two attached hydrogens (primary N) is 1. The highest BCUT2D eigenvalue weighted by atomic mass is 19.4. The standard InChI is InChI=1S/C50H49F6N11O9/c1-75-37-10-4-29(51)20-35(37)44(70)64(76-47(73)50(54,55)56)22-28-2-5-30(6-3-28)65-40-41(57)58-26-59-42(40)67(48(65)74)38-15-17-61(25-49(38,52)53)16-12-27-13-18-62(19-14-27)32-23-63(24-32)31-7-8-33-34(21-31)46(72)66(45(33)71)36-9-11-39(68)60-43(36)69/h2-8,10,20-21,26-27,32,36,38H,9,11-19,22-25H2,1H3,(H2,57,58,59)(H,60,68,69)/t36?,38-/m1/s1. The second kappa shape index (κ2) is 20.0. The van der Waals surface area contributed by atoms with E-state index in [4.69, 9.17) is 10.5 Å². The number of piperidine rings is 3. The van der Waals surface area contributed by atoms with Gasteiger partial charge in [-0.15, -0.1) is 0 Å². The topological polar surface area (TPSA) is 228 Å². The van der Waals surface area contributed by atoms with E-state index in [0.717, 1.165) is 71.2 Å². The molecule has 4 fully saturated rings. The highest BCUT2D eigenvalue weighted by Crippen LogP contribution is 2.40. The molecule has 0 radical (unpaired) electrons. The number of amides is 5. The van der Waals surface area contributed by atoms with Crippen molar-refractivity contribution in [2.24, 2.45) is 5.92 Å². The van der Waals surface area contributed by atoms with Crippen molar-refractivity contribution in [2.45, 2.75) is 75.3 Å². The van der Waals surface area contributed by atoms with E-state index in [1.165, 1.54) is 24.3 Å². The number of halogens is 6. The van der Waals surface area contributed by atoms with Gasteiger partial charge in [-0.2, -0.15) is 18.2 Å². The third-order valence-corrected chi connectivity index (χ3v) is 14.9. The highest BCUT2D eigenvalue weighted by molar-refractivity contribution is 6.23. The van der Waals surface area contributed by atoms with Gasteiger partial charge in [-0.25, -0.2) is 32.7 Å². The minimum atomic E-state index is -5.51. The molecule has 0 aliphatic carbocycles. The van der Waals surface area contributed by atoms with E-state index in [-0.39, 0.29) is 82.0 Å². The number of carbonyl (C=O) groups excluding carboxylic acids is 6. The quantitative estimate of drug-likeness (QED) is 0.101. The number of imidazole rings is 1. The minimum absolute atomic E-state index is 0.0319. The number of likely N-dealkylation sites (tertiary alicyclic amines) is 2. The summed E-state index contributed by atoms with van der Waals surface area (Å²) in [6, 6.07) is 10.5. The van der Waals surface area contributed by atoms with Gasteiger partial charge in [0.25, 0.3) is 23.6 Å². The van der Waals surface area contributed by atoms with E-state index in [0.29, 0.717) is 38.0 Å². The van der Waals surface area contributed by atoms with Crippen molar-refractivity contribution < 1.29 is 64.7 Å². The maximum Gasteiger partial charge on any atom is 0.493 e. The minimum Gasteiger partial charge on any atom is -0.496 e. The predicted octanol–water partition coefficient (Wildman–Crippen LogP) is 4.25. The van der Waals surface area contributed by atoms with Crippen molar-refractivity contribution >= 4 is 58.2 Å². The van der Waals surface area contributed by atoms with Crippen LogP contribution in [0.15, 0.2) is 71.8 Å². The van der Waals surface area contributed by atoms with Crippen LogP contribution in [0.1, 0.15) is 81.2 Å². The molecule has 2 atom stereocenters. The fourth-order valence-corrected chi connectivity index (χ4v) is 10.8. The number of imide groups is 2. The van der Waals surface area contributed by atoms with Gasteiger partial charge < -0.3 is 20.2 Å². The number of nitrogens with one attached hydrogen (secondary N) is 1. The summed E-state index contributed by atoms with van der Waals surface area (Å²) in [7, 11) is 1.14. The van der Waals surface area contributed by atoms with Gasteiger partial charge >= 0.3 is 17.8 Å². The number of alkyl halides is 5. The van der Waals surface area contributed by atoms with Gasteiger partial charge in [0.05, 0.1) is 42.6 Å². The number of carbonyl (C=O) groups is 6. The lowest BCUT2D eigenvalue weighted by atomic mass is 9.90. The normalized spacial score (nSPS) is 20.7. The van der Waals surface area contributed by atoms with Crippen molar-refractivity contribution in [2.75, 3.05) is 63.6 Å². The summed E-state index contributed by atoms with van der Waals surface area (Å²) in [6.07, 6.45) is -2.04. The number of ether oxygens (including phenoxy) is 1. The molecule has 3 aromatic carbocycles. The molecular weight excluding hydrogens is 1010 g/mol. The van der Waals surface area contributed by atoms with Gasteiger partial charge in [-0.1, -0.05) is 12.1 Å². The maximum atomic E-state index is 16.4. The lowest BCUT2D eigenvalue weighted by Gasteiger charge is -2.49. The molecule has 3 N–H and O–H groups in total. The number of benzene rings is 3. The summed E-state index contributed by atoms with van der Waals surface area (Å²) < 4.78 is 94.0. The third-order valence-electron chi connectivity index (χ3n) is 14.9. The molecule has 5 aliphatic rings. The van der Waals surface area contributed by atoms with E-state index in [1.54, 1.807) is 23.1 Å². The molecule has 0 spiro atoms. The summed E-state index contributed by atoms with van der Waals surface area (Å²) in [5.41, 5.74) is 5.89. The molecule has 5 aliphatic heterocycles. The van der Waals surface area contributed by atoms with Gasteiger partial charge in [0, 0.05) is 37.8 Å². The van der Waals surface area contributed by atoms with Gasteiger partial charge in [0.2, 0.25) is 11.8 Å². The Balaban J connectivity index is 0.750. The molecule has 5 aromatic rings. The van der Waals surface area contributed by atoms with Crippen molar-refractivity contribution in [1.29, 1.82) is 0 Å². The molecule has 10 rings (SSSR count). The number of anilines is 2. The Morgan fingerprint density at radius 3 is 2.28 bits per heavy atom. The number of hydrogen-bond acceptors (Lipinski definition) is 15. The number of aromatic nitrogens is 4. The molecule has 0 bridgehead atoms. The van der Waals surface area contributed by atoms with Gasteiger partial charge in [-0.3, -0.25) is 53.1 Å².